The Balaban J connectivity index is 0.000000199. The smallest absolute Gasteiger partial charge is 0.143 e. The summed E-state index contributed by atoms with van der Waals surface area (Å²) in [5, 5.41) is 3.35. The van der Waals surface area contributed by atoms with Crippen LogP contribution >= 0.6 is 0 Å². The molecule has 3 nitrogen and oxygen atoms in total. The molecule has 0 fully saturated rings. The number of aromatic nitrogens is 2. The van der Waals surface area contributed by atoms with E-state index >= 15 is 0 Å². The first-order chi connectivity index (χ1) is 20.3. The van der Waals surface area contributed by atoms with Crippen LogP contribution in [0.15, 0.2) is 89.6 Å². The molecule has 0 saturated heterocycles. The average Bonchev–Trinajstić information content (AvgIpc) is 3.36. The van der Waals surface area contributed by atoms with Gasteiger partial charge in [-0.25, -0.2) is 4.39 Å². The maximum atomic E-state index is 13.9. The molecular weight excluding hydrogens is 728 g/mol. The predicted molar refractivity (Wildman–Crippen MR) is 175 cm³/mol. The van der Waals surface area contributed by atoms with E-state index in [1.54, 1.807) is 6.07 Å². The normalized spacial score (nSPS) is 12.1. The summed E-state index contributed by atoms with van der Waals surface area (Å²) in [5.41, 5.74) is 6.65. The van der Waals surface area contributed by atoms with Gasteiger partial charge >= 0.3 is 0 Å². The van der Waals surface area contributed by atoms with Crippen molar-refractivity contribution in [3.05, 3.63) is 114 Å². The molecule has 223 valence electrons. The Kier molecular flexibility index (Phi) is 9.70. The fourth-order valence-corrected chi connectivity index (χ4v) is 6.66. The van der Waals surface area contributed by atoms with E-state index in [1.807, 2.05) is 94.6 Å². The van der Waals surface area contributed by atoms with Crippen LogP contribution < -0.4 is 5.19 Å². The van der Waals surface area contributed by atoms with Gasteiger partial charge in [-0.3, -0.25) is 0 Å². The quantitative estimate of drug-likeness (QED) is 0.130. The number of halogens is 1. The molecule has 43 heavy (non-hydrogen) atoms. The van der Waals surface area contributed by atoms with Gasteiger partial charge in [-0.15, -0.1) is 54.1 Å². The maximum absolute atomic E-state index is 13.9. The Morgan fingerprint density at radius 1 is 0.814 bits per heavy atom. The van der Waals surface area contributed by atoms with Gasteiger partial charge in [0.05, 0.1) is 19.9 Å². The topological polar surface area (TPSA) is 38.9 Å². The Morgan fingerprint density at radius 2 is 1.51 bits per heavy atom. The number of para-hydroxylation sites is 1. The molecule has 0 aliphatic carbocycles. The van der Waals surface area contributed by atoms with Gasteiger partial charge in [0.25, 0.3) is 0 Å². The molecule has 0 unspecified atom stereocenters. The molecule has 3 heterocycles. The standard InChI is InChI=1S/C20H15FNO.C17H22NSi.Ir/c1-12(2)16-10-18(22-11-17(16)21)15-8-5-7-14-13-6-3-4-9-19(13)23-20(14)15;1-13(2)15-11-16(14-9-7-6-8-10-14)18-12-17(15)19(3,4)5;/h3-7,9-12H,1-2H3;6-9,11-13H,1-5H3;/q2*-1;/i;13D;. The number of benzene rings is 3. The van der Waals surface area contributed by atoms with Crippen molar-refractivity contribution in [1.29, 1.82) is 0 Å². The zero-order valence-corrected chi connectivity index (χ0v) is 29.1. The van der Waals surface area contributed by atoms with Crippen LogP contribution in [0.3, 0.4) is 0 Å². The number of hydrogen-bond donors (Lipinski definition) is 0. The van der Waals surface area contributed by atoms with Gasteiger partial charge < -0.3 is 14.4 Å². The van der Waals surface area contributed by atoms with Crippen LogP contribution in [0.2, 0.25) is 19.6 Å². The summed E-state index contributed by atoms with van der Waals surface area (Å²) in [4.78, 5) is 8.86. The fourth-order valence-electron chi connectivity index (χ4n) is 5.08. The van der Waals surface area contributed by atoms with Gasteiger partial charge in [0.2, 0.25) is 0 Å². The van der Waals surface area contributed by atoms with Crippen LogP contribution in [0, 0.1) is 17.9 Å². The molecule has 0 aliphatic heterocycles. The van der Waals surface area contributed by atoms with Crippen molar-refractivity contribution in [3.8, 4) is 22.5 Å². The Hall–Kier alpha value is -3.44. The minimum Gasteiger partial charge on any atom is -0.501 e. The zero-order valence-electron chi connectivity index (χ0n) is 26.7. The van der Waals surface area contributed by atoms with Gasteiger partial charge in [-0.2, -0.15) is 0 Å². The SMILES string of the molecule is CC(C)c1cc(-c2[c-]ccc3c2oc2ccccc23)ncc1F.[2H]C(C)(C)c1cc(-c2[c-]cccc2)ncc1[Si](C)(C)C.[Ir]. The van der Waals surface area contributed by atoms with E-state index in [0.717, 1.165) is 44.3 Å². The van der Waals surface area contributed by atoms with E-state index < -0.39 is 14.0 Å². The number of rotatable bonds is 5. The Morgan fingerprint density at radius 3 is 2.19 bits per heavy atom. The van der Waals surface area contributed by atoms with E-state index in [9.17, 15) is 4.39 Å². The Labute approximate surface area is 270 Å². The maximum Gasteiger partial charge on any atom is 0.143 e. The summed E-state index contributed by atoms with van der Waals surface area (Å²) >= 11 is 0. The second-order valence-electron chi connectivity index (χ2n) is 12.1. The van der Waals surface area contributed by atoms with E-state index in [1.165, 1.54) is 11.4 Å². The van der Waals surface area contributed by atoms with Gasteiger partial charge in [-0.1, -0.05) is 94.2 Å². The van der Waals surface area contributed by atoms with E-state index in [-0.39, 0.29) is 31.8 Å². The summed E-state index contributed by atoms with van der Waals surface area (Å²) in [6.07, 6.45) is 3.26. The van der Waals surface area contributed by atoms with Crippen LogP contribution in [-0.4, -0.2) is 18.0 Å². The number of hydrogen-bond acceptors (Lipinski definition) is 3. The molecule has 0 bridgehead atoms. The summed E-state index contributed by atoms with van der Waals surface area (Å²) in [7, 11) is -1.50. The van der Waals surface area contributed by atoms with Crippen LogP contribution in [0.5, 0.6) is 0 Å². The molecule has 6 heteroatoms. The molecule has 6 aromatic rings. The van der Waals surface area contributed by atoms with Crippen molar-refractivity contribution in [2.24, 2.45) is 0 Å². The summed E-state index contributed by atoms with van der Waals surface area (Å²) in [6.45, 7) is 14.7. The van der Waals surface area contributed by atoms with Crippen LogP contribution in [-0.2, 0) is 20.1 Å². The van der Waals surface area contributed by atoms with Crippen molar-refractivity contribution in [2.45, 2.75) is 59.1 Å². The van der Waals surface area contributed by atoms with Crippen molar-refractivity contribution < 1.29 is 30.3 Å². The van der Waals surface area contributed by atoms with Crippen molar-refractivity contribution in [2.75, 3.05) is 0 Å². The van der Waals surface area contributed by atoms with Crippen molar-refractivity contribution >= 4 is 35.2 Å². The Bertz CT molecular complexity index is 1890. The fraction of sp³-hybridized carbons (Fsp3) is 0.243. The van der Waals surface area contributed by atoms with Gasteiger partial charge in [0, 0.05) is 33.1 Å². The van der Waals surface area contributed by atoms with E-state index in [0.29, 0.717) is 11.3 Å². The zero-order chi connectivity index (χ0) is 30.9. The van der Waals surface area contributed by atoms with E-state index in [4.69, 9.17) is 5.79 Å². The van der Waals surface area contributed by atoms with E-state index in [2.05, 4.69) is 47.8 Å². The molecule has 0 atom stereocenters. The van der Waals surface area contributed by atoms with Crippen LogP contribution in [0.4, 0.5) is 4.39 Å². The second kappa shape index (κ2) is 13.5. The molecule has 0 spiro atoms. The first-order valence-electron chi connectivity index (χ1n) is 14.8. The minimum absolute atomic E-state index is 0. The van der Waals surface area contributed by atoms with Gasteiger partial charge in [0.1, 0.15) is 11.4 Å². The molecule has 3 aromatic carbocycles. The molecule has 3 aromatic heterocycles. The average molecular weight is 766 g/mol. The predicted octanol–water partition coefficient (Wildman–Crippen LogP) is 9.93. The summed E-state index contributed by atoms with van der Waals surface area (Å²) in [6, 6.07) is 29.9. The second-order valence-corrected chi connectivity index (χ2v) is 17.1. The number of furan rings is 1. The van der Waals surface area contributed by atoms with Gasteiger partial charge in [-0.05, 0) is 40.0 Å². The molecule has 0 N–H and O–H groups in total. The van der Waals surface area contributed by atoms with Crippen LogP contribution in [0.25, 0.3) is 44.5 Å². The van der Waals surface area contributed by atoms with Crippen LogP contribution in [0.1, 0.15) is 52.0 Å². The van der Waals surface area contributed by atoms with Crippen molar-refractivity contribution in [1.82, 2.24) is 9.97 Å². The summed E-state index contributed by atoms with van der Waals surface area (Å²) < 4.78 is 28.4. The molecule has 1 radical (unpaired) electrons. The van der Waals surface area contributed by atoms with Gasteiger partial charge in [0.15, 0.2) is 0 Å². The number of fused-ring (bicyclic) bond motifs is 3. The molecule has 0 saturated carbocycles. The third-order valence-corrected chi connectivity index (χ3v) is 9.35. The molecular formula is C37H37FIrN2OSi-2. The largest absolute Gasteiger partial charge is 0.501 e. The third kappa shape index (κ3) is 7.04. The van der Waals surface area contributed by atoms with Crippen molar-refractivity contribution in [3.63, 3.8) is 0 Å². The number of pyridine rings is 2. The first kappa shape index (κ1) is 31.0. The minimum atomic E-state index is -1.50. The third-order valence-electron chi connectivity index (χ3n) is 7.34. The molecule has 0 aliphatic rings. The molecule has 6 rings (SSSR count). The number of nitrogens with zero attached hydrogens (tertiary/aromatic N) is 2. The monoisotopic (exact) mass is 766 g/mol. The first-order valence-corrected chi connectivity index (χ1v) is 17.8. The summed E-state index contributed by atoms with van der Waals surface area (Å²) in [5.74, 6) is -0.797. The molecule has 0 amide bonds.